The maximum atomic E-state index is 3.53. The molecule has 0 aromatic carbocycles. The van der Waals surface area contributed by atoms with E-state index in [0.717, 1.165) is 6.42 Å². The van der Waals surface area contributed by atoms with Crippen LogP contribution in [-0.4, -0.2) is 0 Å². The first kappa shape index (κ1) is 7.07. The molecule has 0 atom stereocenters. The van der Waals surface area contributed by atoms with Crippen LogP contribution >= 0.6 is 15.9 Å². The van der Waals surface area contributed by atoms with Crippen LogP contribution in [-0.2, 0) is 0 Å². The van der Waals surface area contributed by atoms with Gasteiger partial charge in [0.15, 0.2) is 0 Å². The van der Waals surface area contributed by atoms with Gasteiger partial charge >= 0.3 is 0 Å². The van der Waals surface area contributed by atoms with Gasteiger partial charge < -0.3 is 0 Å². The van der Waals surface area contributed by atoms with Crippen molar-refractivity contribution in [1.29, 1.82) is 0 Å². The van der Waals surface area contributed by atoms with Crippen LogP contribution in [0.3, 0.4) is 0 Å². The third-order valence-electron chi connectivity index (χ3n) is 1.61. The molecule has 1 aliphatic rings. The molecule has 0 bridgehead atoms. The van der Waals surface area contributed by atoms with E-state index in [4.69, 9.17) is 0 Å². The van der Waals surface area contributed by atoms with Gasteiger partial charge in [0.05, 0.1) is 0 Å². The monoisotopic (exact) mass is 186 g/mol. The standard InChI is InChI=1S/C8H11Br/c1-7-5-3-2-4-6-8(7)9/h2,4H,3,5-6H2,1H3. The number of halogens is 1. The summed E-state index contributed by atoms with van der Waals surface area (Å²) in [6.07, 6.45) is 7.99. The number of hydrogen-bond donors (Lipinski definition) is 0. The highest BCUT2D eigenvalue weighted by molar-refractivity contribution is 9.11. The summed E-state index contributed by atoms with van der Waals surface area (Å²) in [7, 11) is 0. The van der Waals surface area contributed by atoms with Crippen LogP contribution in [0.4, 0.5) is 0 Å². The third kappa shape index (κ3) is 1.98. The summed E-state index contributed by atoms with van der Waals surface area (Å²) in [5.41, 5.74) is 1.50. The first-order chi connectivity index (χ1) is 4.30. The first-order valence-corrected chi connectivity index (χ1v) is 4.09. The molecular weight excluding hydrogens is 176 g/mol. The Hall–Kier alpha value is -0.0400. The normalized spacial score (nSPS) is 20.2. The molecule has 0 aliphatic heterocycles. The fraction of sp³-hybridized carbons (Fsp3) is 0.500. The summed E-state index contributed by atoms with van der Waals surface area (Å²) in [5, 5.41) is 0. The summed E-state index contributed by atoms with van der Waals surface area (Å²) in [4.78, 5) is 0. The molecule has 0 N–H and O–H groups in total. The number of hydrogen-bond acceptors (Lipinski definition) is 0. The van der Waals surface area contributed by atoms with E-state index in [1.54, 1.807) is 0 Å². The SMILES string of the molecule is CC1=C(Br)CC=CCC1. The summed E-state index contributed by atoms with van der Waals surface area (Å²) in [6, 6.07) is 0. The van der Waals surface area contributed by atoms with Crippen molar-refractivity contribution in [3.05, 3.63) is 22.2 Å². The second kappa shape index (κ2) is 3.21. The maximum Gasteiger partial charge on any atom is -0.00223 e. The van der Waals surface area contributed by atoms with Crippen molar-refractivity contribution >= 4 is 15.9 Å². The van der Waals surface area contributed by atoms with E-state index in [1.165, 1.54) is 22.9 Å². The molecule has 0 radical (unpaired) electrons. The summed E-state index contributed by atoms with van der Waals surface area (Å²) in [5.74, 6) is 0. The van der Waals surface area contributed by atoms with Gasteiger partial charge in [-0.1, -0.05) is 33.7 Å². The van der Waals surface area contributed by atoms with E-state index < -0.39 is 0 Å². The highest BCUT2D eigenvalue weighted by Gasteiger charge is 1.98. The van der Waals surface area contributed by atoms with Gasteiger partial charge in [0, 0.05) is 0 Å². The molecule has 0 amide bonds. The minimum absolute atomic E-state index is 1.09. The molecular formula is C8H11Br. The van der Waals surface area contributed by atoms with E-state index in [-0.39, 0.29) is 0 Å². The van der Waals surface area contributed by atoms with Gasteiger partial charge in [0.2, 0.25) is 0 Å². The van der Waals surface area contributed by atoms with Crippen molar-refractivity contribution < 1.29 is 0 Å². The van der Waals surface area contributed by atoms with E-state index in [1.807, 2.05) is 0 Å². The Balaban J connectivity index is 2.67. The first-order valence-electron chi connectivity index (χ1n) is 3.30. The third-order valence-corrected chi connectivity index (χ3v) is 2.61. The van der Waals surface area contributed by atoms with Crippen LogP contribution in [0.2, 0.25) is 0 Å². The van der Waals surface area contributed by atoms with Gasteiger partial charge in [-0.3, -0.25) is 0 Å². The molecule has 0 unspecified atom stereocenters. The van der Waals surface area contributed by atoms with Gasteiger partial charge in [0.1, 0.15) is 0 Å². The van der Waals surface area contributed by atoms with E-state index in [2.05, 4.69) is 35.0 Å². The van der Waals surface area contributed by atoms with Crippen LogP contribution in [0.5, 0.6) is 0 Å². The topological polar surface area (TPSA) is 0 Å². The zero-order valence-corrected chi connectivity index (χ0v) is 7.24. The van der Waals surface area contributed by atoms with Crippen LogP contribution in [0.1, 0.15) is 26.2 Å². The van der Waals surface area contributed by atoms with Crippen molar-refractivity contribution in [2.24, 2.45) is 0 Å². The predicted octanol–water partition coefficient (Wildman–Crippen LogP) is 3.40. The molecule has 9 heavy (non-hydrogen) atoms. The van der Waals surface area contributed by atoms with Crippen LogP contribution in [0.25, 0.3) is 0 Å². The van der Waals surface area contributed by atoms with Gasteiger partial charge in [-0.05, 0) is 30.7 Å². The molecule has 0 saturated carbocycles. The van der Waals surface area contributed by atoms with Crippen LogP contribution < -0.4 is 0 Å². The molecule has 50 valence electrons. The minimum Gasteiger partial charge on any atom is -0.0879 e. The summed E-state index contributed by atoms with van der Waals surface area (Å²) < 4.78 is 1.37. The van der Waals surface area contributed by atoms with Crippen LogP contribution in [0.15, 0.2) is 22.2 Å². The Morgan fingerprint density at radius 3 is 3.00 bits per heavy atom. The van der Waals surface area contributed by atoms with Crippen LogP contribution in [0, 0.1) is 0 Å². The molecule has 1 aliphatic carbocycles. The lowest BCUT2D eigenvalue weighted by Gasteiger charge is -1.97. The van der Waals surface area contributed by atoms with Gasteiger partial charge in [-0.15, -0.1) is 0 Å². The minimum atomic E-state index is 1.09. The molecule has 0 heterocycles. The predicted molar refractivity (Wildman–Crippen MR) is 44.6 cm³/mol. The van der Waals surface area contributed by atoms with Crippen molar-refractivity contribution in [1.82, 2.24) is 0 Å². The Labute approximate surface area is 64.8 Å². The second-order valence-corrected chi connectivity index (χ2v) is 3.36. The molecule has 0 aromatic heterocycles. The van der Waals surface area contributed by atoms with Crippen molar-refractivity contribution in [2.45, 2.75) is 26.2 Å². The Morgan fingerprint density at radius 2 is 2.22 bits per heavy atom. The molecule has 0 nitrogen and oxygen atoms in total. The van der Waals surface area contributed by atoms with Crippen molar-refractivity contribution in [3.63, 3.8) is 0 Å². The van der Waals surface area contributed by atoms with Crippen molar-refractivity contribution in [2.75, 3.05) is 0 Å². The molecule has 1 heteroatoms. The highest BCUT2D eigenvalue weighted by Crippen LogP contribution is 2.23. The maximum absolute atomic E-state index is 3.53. The Bertz CT molecular complexity index is 154. The zero-order valence-electron chi connectivity index (χ0n) is 5.65. The lowest BCUT2D eigenvalue weighted by atomic mass is 10.2. The summed E-state index contributed by atoms with van der Waals surface area (Å²) in [6.45, 7) is 2.19. The molecule has 0 saturated heterocycles. The smallest absolute Gasteiger partial charge is 0.00223 e. The Morgan fingerprint density at radius 1 is 1.44 bits per heavy atom. The second-order valence-electron chi connectivity index (χ2n) is 2.40. The number of allylic oxidation sites excluding steroid dienone is 4. The highest BCUT2D eigenvalue weighted by atomic mass is 79.9. The number of rotatable bonds is 0. The quantitative estimate of drug-likeness (QED) is 0.510. The lowest BCUT2D eigenvalue weighted by molar-refractivity contribution is 0.982. The largest absolute Gasteiger partial charge is 0.0879 e. The van der Waals surface area contributed by atoms with E-state index in [0.29, 0.717) is 0 Å². The fourth-order valence-corrected chi connectivity index (χ4v) is 1.30. The average Bonchev–Trinajstić information content (AvgIpc) is 1.99. The van der Waals surface area contributed by atoms with Gasteiger partial charge in [-0.25, -0.2) is 0 Å². The molecule has 0 aromatic rings. The average molecular weight is 187 g/mol. The fourth-order valence-electron chi connectivity index (χ4n) is 0.914. The van der Waals surface area contributed by atoms with Crippen molar-refractivity contribution in [3.8, 4) is 0 Å². The Kier molecular flexibility index (Phi) is 2.52. The van der Waals surface area contributed by atoms with Gasteiger partial charge in [-0.2, -0.15) is 0 Å². The molecule has 1 rings (SSSR count). The molecule has 0 fully saturated rings. The van der Waals surface area contributed by atoms with E-state index >= 15 is 0 Å². The van der Waals surface area contributed by atoms with E-state index in [9.17, 15) is 0 Å². The summed E-state index contributed by atoms with van der Waals surface area (Å²) >= 11 is 3.53. The zero-order chi connectivity index (χ0) is 6.69. The molecule has 0 spiro atoms. The van der Waals surface area contributed by atoms with Gasteiger partial charge in [0.25, 0.3) is 0 Å². The lowest BCUT2D eigenvalue weighted by Crippen LogP contribution is -1.75.